The molecule has 0 unspecified atom stereocenters. The molecule has 0 spiro atoms. The molecule has 0 saturated heterocycles. The van der Waals surface area contributed by atoms with Crippen LogP contribution in [0.2, 0.25) is 0 Å². The number of methoxy groups -OCH3 is 1. The lowest BCUT2D eigenvalue weighted by Crippen LogP contribution is -2.12. The summed E-state index contributed by atoms with van der Waals surface area (Å²) in [5, 5.41) is 21.8. The largest absolute Gasteiger partial charge is 0.500 e. The fourth-order valence-electron chi connectivity index (χ4n) is 3.48. The summed E-state index contributed by atoms with van der Waals surface area (Å²) in [6.45, 7) is 0. The third-order valence-corrected chi connectivity index (χ3v) is 6.31. The maximum absolute atomic E-state index is 12.7. The molecule has 0 saturated carbocycles. The first-order valence-electron chi connectivity index (χ1n) is 8.86. The van der Waals surface area contributed by atoms with Crippen LogP contribution in [0.1, 0.15) is 34.7 Å². The first kappa shape index (κ1) is 19.4. The predicted octanol–water partition coefficient (Wildman–Crippen LogP) is 4.22. The molecular weight excluding hydrogens is 418 g/mol. The zero-order chi connectivity index (χ0) is 20.7. The van der Waals surface area contributed by atoms with E-state index in [2.05, 4.69) is 9.97 Å². The highest BCUT2D eigenvalue weighted by Crippen LogP contribution is 2.38. The number of ether oxygens (including phenoxy) is 1. The molecule has 1 aromatic carbocycles. The van der Waals surface area contributed by atoms with Gasteiger partial charge < -0.3 is 14.8 Å². The number of nitro groups is 1. The summed E-state index contributed by atoms with van der Waals surface area (Å²) < 4.78 is 4.99. The SMILES string of the molecule is COc1cc(/C=C(\Cl)c2nc3sc4c(c3c(=O)[nH]2)CCCC4)cc([N+](=O)[O-])c1O. The molecule has 1 aliphatic rings. The minimum Gasteiger partial charge on any atom is -0.500 e. The number of phenols is 1. The van der Waals surface area contributed by atoms with Gasteiger partial charge in [-0.2, -0.15) is 0 Å². The highest BCUT2D eigenvalue weighted by atomic mass is 35.5. The number of aromatic nitrogens is 2. The standard InChI is InChI=1S/C19H16ClN3O5S/c1-28-13-8-9(7-12(16(13)24)23(26)27)6-11(20)17-21-18(25)15-10-4-2-3-5-14(10)29-19(15)22-17/h6-8,24H,2-5H2,1H3,(H,21,22,25)/b11-6-. The van der Waals surface area contributed by atoms with Gasteiger partial charge in [-0.15, -0.1) is 11.3 Å². The summed E-state index contributed by atoms with van der Waals surface area (Å²) in [4.78, 5) is 32.1. The summed E-state index contributed by atoms with van der Waals surface area (Å²) in [5.41, 5.74) is 0.647. The van der Waals surface area contributed by atoms with E-state index in [1.54, 1.807) is 0 Å². The quantitative estimate of drug-likeness (QED) is 0.469. The molecule has 4 rings (SSSR count). The van der Waals surface area contributed by atoms with Crippen molar-refractivity contribution in [2.24, 2.45) is 0 Å². The number of halogens is 1. The Balaban J connectivity index is 1.80. The van der Waals surface area contributed by atoms with Crippen LogP contribution in [0.3, 0.4) is 0 Å². The van der Waals surface area contributed by atoms with E-state index in [1.165, 1.54) is 41.5 Å². The van der Waals surface area contributed by atoms with Crippen molar-refractivity contribution in [1.29, 1.82) is 0 Å². The second-order valence-electron chi connectivity index (χ2n) is 6.65. The Morgan fingerprint density at radius 1 is 1.41 bits per heavy atom. The Morgan fingerprint density at radius 3 is 2.90 bits per heavy atom. The average molecular weight is 434 g/mol. The van der Waals surface area contributed by atoms with Gasteiger partial charge in [0.1, 0.15) is 4.83 Å². The molecule has 2 aromatic heterocycles. The number of fused-ring (bicyclic) bond motifs is 3. The van der Waals surface area contributed by atoms with Gasteiger partial charge in [-0.05, 0) is 49.0 Å². The Labute approximate surface area is 173 Å². The van der Waals surface area contributed by atoms with Crippen molar-refractivity contribution in [2.75, 3.05) is 7.11 Å². The van der Waals surface area contributed by atoms with Gasteiger partial charge in [0.2, 0.25) is 5.75 Å². The number of hydrogen-bond acceptors (Lipinski definition) is 7. The van der Waals surface area contributed by atoms with Crippen molar-refractivity contribution >= 4 is 50.0 Å². The lowest BCUT2D eigenvalue weighted by Gasteiger charge is -2.09. The monoisotopic (exact) mass is 433 g/mol. The zero-order valence-corrected chi connectivity index (χ0v) is 16.9. The number of aryl methyl sites for hydroxylation is 2. The van der Waals surface area contributed by atoms with Crippen molar-refractivity contribution in [3.8, 4) is 11.5 Å². The highest BCUT2D eigenvalue weighted by Gasteiger charge is 2.21. The molecule has 1 aliphatic carbocycles. The van der Waals surface area contributed by atoms with E-state index in [1.807, 2.05) is 0 Å². The summed E-state index contributed by atoms with van der Waals surface area (Å²) in [6.07, 6.45) is 5.41. The van der Waals surface area contributed by atoms with Crippen molar-refractivity contribution in [2.45, 2.75) is 25.7 Å². The van der Waals surface area contributed by atoms with Gasteiger partial charge in [0.15, 0.2) is 11.6 Å². The number of nitrogens with zero attached hydrogens (tertiary/aromatic N) is 2. The molecule has 0 radical (unpaired) electrons. The molecule has 2 N–H and O–H groups in total. The highest BCUT2D eigenvalue weighted by molar-refractivity contribution is 7.18. The molecule has 0 amide bonds. The van der Waals surface area contributed by atoms with E-state index in [0.717, 1.165) is 31.2 Å². The number of nitrogens with one attached hydrogen (secondary N) is 1. The van der Waals surface area contributed by atoms with Gasteiger partial charge in [-0.25, -0.2) is 4.98 Å². The topological polar surface area (TPSA) is 118 Å². The van der Waals surface area contributed by atoms with Crippen molar-refractivity contribution < 1.29 is 14.8 Å². The van der Waals surface area contributed by atoms with Gasteiger partial charge in [0.05, 0.1) is 22.5 Å². The van der Waals surface area contributed by atoms with E-state index in [-0.39, 0.29) is 22.2 Å². The second-order valence-corrected chi connectivity index (χ2v) is 8.14. The lowest BCUT2D eigenvalue weighted by molar-refractivity contribution is -0.386. The maximum atomic E-state index is 12.7. The summed E-state index contributed by atoms with van der Waals surface area (Å²) >= 11 is 7.87. The normalized spacial score (nSPS) is 14.1. The van der Waals surface area contributed by atoms with Crippen molar-refractivity contribution in [3.05, 3.63) is 54.4 Å². The number of rotatable bonds is 4. The van der Waals surface area contributed by atoms with Gasteiger partial charge in [0.25, 0.3) is 5.56 Å². The van der Waals surface area contributed by atoms with Crippen LogP contribution in [0.4, 0.5) is 5.69 Å². The van der Waals surface area contributed by atoms with Crippen LogP contribution in [0, 0.1) is 10.1 Å². The van der Waals surface area contributed by atoms with Crippen molar-refractivity contribution in [1.82, 2.24) is 9.97 Å². The molecule has 0 fully saturated rings. The summed E-state index contributed by atoms with van der Waals surface area (Å²) in [7, 11) is 1.29. The molecule has 0 aliphatic heterocycles. The van der Waals surface area contributed by atoms with Crippen LogP contribution in [-0.4, -0.2) is 27.1 Å². The molecule has 3 aromatic rings. The zero-order valence-electron chi connectivity index (χ0n) is 15.3. The van der Waals surface area contributed by atoms with Gasteiger partial charge in [0, 0.05) is 10.9 Å². The molecule has 8 nitrogen and oxygen atoms in total. The van der Waals surface area contributed by atoms with Crippen LogP contribution in [-0.2, 0) is 12.8 Å². The van der Waals surface area contributed by atoms with E-state index in [0.29, 0.717) is 15.8 Å². The van der Waals surface area contributed by atoms with E-state index in [9.17, 15) is 20.0 Å². The molecule has 0 atom stereocenters. The molecule has 10 heteroatoms. The van der Waals surface area contributed by atoms with Gasteiger partial charge in [-0.3, -0.25) is 14.9 Å². The van der Waals surface area contributed by atoms with Crippen LogP contribution in [0.15, 0.2) is 16.9 Å². The van der Waals surface area contributed by atoms with Crippen LogP contribution >= 0.6 is 22.9 Å². The minimum absolute atomic E-state index is 0.0576. The van der Waals surface area contributed by atoms with E-state index in [4.69, 9.17) is 16.3 Å². The number of nitro benzene ring substituents is 1. The van der Waals surface area contributed by atoms with Crippen molar-refractivity contribution in [3.63, 3.8) is 0 Å². The van der Waals surface area contributed by atoms with E-state index < -0.39 is 16.4 Å². The third kappa shape index (κ3) is 3.47. The number of aromatic amines is 1. The number of hydrogen-bond donors (Lipinski definition) is 2. The maximum Gasteiger partial charge on any atom is 0.315 e. The molecule has 29 heavy (non-hydrogen) atoms. The average Bonchev–Trinajstić information content (AvgIpc) is 3.07. The smallest absolute Gasteiger partial charge is 0.315 e. The lowest BCUT2D eigenvalue weighted by atomic mass is 9.97. The van der Waals surface area contributed by atoms with Gasteiger partial charge in [-0.1, -0.05) is 11.6 Å². The number of benzene rings is 1. The Kier molecular flexibility index (Phi) is 5.01. The first-order chi connectivity index (χ1) is 13.9. The van der Waals surface area contributed by atoms with Crippen LogP contribution in [0.5, 0.6) is 11.5 Å². The Hall–Kier alpha value is -2.91. The molecule has 150 valence electrons. The van der Waals surface area contributed by atoms with Crippen LogP contribution < -0.4 is 10.3 Å². The summed E-state index contributed by atoms with van der Waals surface area (Å²) in [5.74, 6) is -0.446. The number of phenolic OH excluding ortho intramolecular Hbond substituents is 1. The van der Waals surface area contributed by atoms with Crippen LogP contribution in [0.25, 0.3) is 21.3 Å². The second kappa shape index (κ2) is 7.49. The predicted molar refractivity (Wildman–Crippen MR) is 112 cm³/mol. The fourth-order valence-corrected chi connectivity index (χ4v) is 4.96. The van der Waals surface area contributed by atoms with Gasteiger partial charge >= 0.3 is 5.69 Å². The molecular formula is C19H16ClN3O5S. The molecule has 2 heterocycles. The summed E-state index contributed by atoms with van der Waals surface area (Å²) in [6, 6.07) is 2.58. The minimum atomic E-state index is -0.717. The number of aromatic hydroxyl groups is 1. The Morgan fingerprint density at radius 2 is 2.17 bits per heavy atom. The number of thiophene rings is 1. The van der Waals surface area contributed by atoms with E-state index >= 15 is 0 Å². The Bertz CT molecular complexity index is 1230. The first-order valence-corrected chi connectivity index (χ1v) is 10.1. The number of H-pyrrole nitrogens is 1. The third-order valence-electron chi connectivity index (χ3n) is 4.84. The fraction of sp³-hybridized carbons (Fsp3) is 0.263. The molecule has 0 bridgehead atoms.